The standard InChI is InChI=1S/C14H15ClN2O2.C14H15FN2O2.C14H16N2O3.C11H11NO3/c2*1-18-11-2-3-12-10(8-11)9-13(16-14(12)15)17-4-6-19-7-5-17;1-18-11-2-3-12-10(8-11)9-13(15-14(12)17)16-4-6-19-7-5-16;1-14-9-3-4-10(11(13)15-2)8(7-9)5-6-12/h2*2-3,8-9H,4-7H2,1H3;2-3,8-9H,4-7H2,1H3,(H,15,17);3-4,7H,5H2,1-2H3. The fourth-order valence-electron chi connectivity index (χ4n) is 8.10. The number of hydrogen-bond acceptors (Lipinski definition) is 16. The Hall–Kier alpha value is -7.43. The number of methoxy groups -OCH3 is 5. The number of esters is 1. The zero-order valence-electron chi connectivity index (χ0n) is 40.9. The molecule has 3 aliphatic rings. The van der Waals surface area contributed by atoms with Gasteiger partial charge >= 0.3 is 5.97 Å². The number of nitrogens with zero attached hydrogens (tertiary/aromatic N) is 6. The number of carbonyl (C=O) groups excluding carboxylic acids is 1. The highest BCUT2D eigenvalue weighted by molar-refractivity contribution is 6.34. The van der Waals surface area contributed by atoms with Crippen molar-refractivity contribution >= 4 is 67.3 Å². The van der Waals surface area contributed by atoms with Crippen LogP contribution in [-0.4, -0.2) is 135 Å². The lowest BCUT2D eigenvalue weighted by Crippen LogP contribution is -2.37. The third-order valence-corrected chi connectivity index (χ3v) is 12.3. The minimum Gasteiger partial charge on any atom is -0.497 e. The van der Waals surface area contributed by atoms with Crippen LogP contribution in [0.1, 0.15) is 15.9 Å². The number of pyridine rings is 3. The maximum atomic E-state index is 14.0. The maximum Gasteiger partial charge on any atom is 0.338 e. The van der Waals surface area contributed by atoms with Gasteiger partial charge < -0.3 is 57.6 Å². The van der Waals surface area contributed by atoms with Gasteiger partial charge in [-0.1, -0.05) is 11.6 Å². The Labute approximate surface area is 421 Å². The highest BCUT2D eigenvalue weighted by Gasteiger charge is 2.18. The molecule has 6 heterocycles. The van der Waals surface area contributed by atoms with Crippen molar-refractivity contribution < 1.29 is 47.1 Å². The molecule has 0 saturated carbocycles. The summed E-state index contributed by atoms with van der Waals surface area (Å²) in [4.78, 5) is 41.2. The van der Waals surface area contributed by atoms with Crippen LogP contribution in [0.5, 0.6) is 23.0 Å². The number of rotatable bonds is 9. The fraction of sp³-hybridized carbons (Fsp3) is 0.340. The largest absolute Gasteiger partial charge is 0.497 e. The summed E-state index contributed by atoms with van der Waals surface area (Å²) in [5, 5.41) is 14.0. The van der Waals surface area contributed by atoms with E-state index in [0.717, 1.165) is 97.2 Å². The van der Waals surface area contributed by atoms with Crippen LogP contribution in [-0.2, 0) is 25.4 Å². The van der Waals surface area contributed by atoms with E-state index in [1.54, 1.807) is 63.8 Å². The Bertz CT molecular complexity index is 2960. The van der Waals surface area contributed by atoms with Crippen LogP contribution in [0.4, 0.5) is 21.8 Å². The summed E-state index contributed by atoms with van der Waals surface area (Å²) >= 11 is 6.27. The van der Waals surface area contributed by atoms with E-state index < -0.39 is 11.9 Å². The molecule has 0 unspecified atom stereocenters. The van der Waals surface area contributed by atoms with Gasteiger partial charge in [-0.25, -0.2) is 14.8 Å². The molecule has 72 heavy (non-hydrogen) atoms. The van der Waals surface area contributed by atoms with Crippen molar-refractivity contribution in [1.82, 2.24) is 15.0 Å². The average molecular weight is 1010 g/mol. The second-order valence-electron chi connectivity index (χ2n) is 16.3. The first-order chi connectivity index (χ1) is 35.0. The zero-order chi connectivity index (χ0) is 51.0. The molecule has 0 bridgehead atoms. The third kappa shape index (κ3) is 13.3. The van der Waals surface area contributed by atoms with Crippen LogP contribution in [0.3, 0.4) is 0 Å². The topological polar surface area (TPSA) is 183 Å². The molecular formula is C53H57ClFN7O10. The number of aromatic amines is 1. The van der Waals surface area contributed by atoms with Gasteiger partial charge in [0.1, 0.15) is 45.6 Å². The Morgan fingerprint density at radius 1 is 0.625 bits per heavy atom. The minimum atomic E-state index is -0.443. The van der Waals surface area contributed by atoms with E-state index in [4.69, 9.17) is 50.0 Å². The lowest BCUT2D eigenvalue weighted by Gasteiger charge is -2.28. The summed E-state index contributed by atoms with van der Waals surface area (Å²) < 4.78 is 55.2. The Morgan fingerprint density at radius 2 is 1.07 bits per heavy atom. The van der Waals surface area contributed by atoms with Crippen molar-refractivity contribution in [2.24, 2.45) is 0 Å². The number of aromatic nitrogens is 3. The van der Waals surface area contributed by atoms with E-state index in [-0.39, 0.29) is 12.0 Å². The Morgan fingerprint density at radius 3 is 1.58 bits per heavy atom. The van der Waals surface area contributed by atoms with Gasteiger partial charge in [-0.3, -0.25) is 4.79 Å². The summed E-state index contributed by atoms with van der Waals surface area (Å²) in [5.41, 5.74) is 0.949. The lowest BCUT2D eigenvalue weighted by molar-refractivity contribution is 0.0599. The van der Waals surface area contributed by atoms with Gasteiger partial charge in [0.15, 0.2) is 0 Å². The van der Waals surface area contributed by atoms with Crippen LogP contribution in [0, 0.1) is 17.3 Å². The number of nitrogens with one attached hydrogen (secondary N) is 1. The number of anilines is 3. The molecular weight excluding hydrogens is 949 g/mol. The molecule has 17 nitrogen and oxygen atoms in total. The third-order valence-electron chi connectivity index (χ3n) is 12.0. The van der Waals surface area contributed by atoms with Gasteiger partial charge in [-0.2, -0.15) is 9.65 Å². The minimum absolute atomic E-state index is 0.0679. The summed E-state index contributed by atoms with van der Waals surface area (Å²) in [7, 11) is 7.72. The predicted molar refractivity (Wildman–Crippen MR) is 275 cm³/mol. The average Bonchev–Trinajstić information content (AvgIpc) is 3.43. The molecule has 3 saturated heterocycles. The molecule has 0 aliphatic carbocycles. The summed E-state index contributed by atoms with van der Waals surface area (Å²) in [6, 6.07) is 29.4. The number of halogens is 2. The number of hydrogen-bond donors (Lipinski definition) is 1. The van der Waals surface area contributed by atoms with Gasteiger partial charge in [-0.05, 0) is 113 Å². The predicted octanol–water partition coefficient (Wildman–Crippen LogP) is 7.87. The number of carbonyl (C=O) groups is 1. The first-order valence-electron chi connectivity index (χ1n) is 23.2. The normalized spacial score (nSPS) is 14.4. The molecule has 0 atom stereocenters. The van der Waals surface area contributed by atoms with Crippen molar-refractivity contribution in [2.75, 3.05) is 129 Å². The second kappa shape index (κ2) is 25.6. The molecule has 0 amide bonds. The van der Waals surface area contributed by atoms with Crippen molar-refractivity contribution in [1.29, 1.82) is 5.26 Å². The van der Waals surface area contributed by atoms with Gasteiger partial charge in [0.25, 0.3) is 5.56 Å². The van der Waals surface area contributed by atoms with Crippen LogP contribution in [0.2, 0.25) is 5.15 Å². The summed E-state index contributed by atoms with van der Waals surface area (Å²) in [6.45, 7) is 8.92. The molecule has 0 radical (unpaired) electrons. The monoisotopic (exact) mass is 1010 g/mol. The van der Waals surface area contributed by atoms with Crippen LogP contribution >= 0.6 is 11.6 Å². The summed E-state index contributed by atoms with van der Waals surface area (Å²) in [6.07, 6.45) is 0.154. The maximum absolute atomic E-state index is 14.0. The molecule has 10 rings (SSSR count). The Balaban J connectivity index is 0.000000142. The molecule has 3 fully saturated rings. The van der Waals surface area contributed by atoms with Crippen molar-refractivity contribution in [3.8, 4) is 29.1 Å². The molecule has 3 aliphatic heterocycles. The van der Waals surface area contributed by atoms with Crippen LogP contribution in [0.15, 0.2) is 95.8 Å². The highest BCUT2D eigenvalue weighted by atomic mass is 35.5. The number of H-pyrrole nitrogens is 1. The first-order valence-corrected chi connectivity index (χ1v) is 23.5. The SMILES string of the molecule is COC(=O)c1ccc(OC)cc1CC#N.COc1ccc2c(=O)[nH]c(N3CCOCC3)cc2c1.COc1ccc2c(Cl)nc(N3CCOCC3)cc2c1.COc1ccc2c(F)nc(N3CCOCC3)cc2c1. The van der Waals surface area contributed by atoms with Crippen LogP contribution < -0.4 is 39.2 Å². The van der Waals surface area contributed by atoms with Crippen molar-refractivity contribution in [3.05, 3.63) is 124 Å². The quantitative estimate of drug-likeness (QED) is 0.109. The van der Waals surface area contributed by atoms with Crippen LogP contribution in [0.25, 0.3) is 32.3 Å². The van der Waals surface area contributed by atoms with E-state index in [9.17, 15) is 14.0 Å². The molecule has 4 aromatic carbocycles. The fourth-order valence-corrected chi connectivity index (χ4v) is 8.36. The second-order valence-corrected chi connectivity index (χ2v) is 16.7. The van der Waals surface area contributed by atoms with Gasteiger partial charge in [0.2, 0.25) is 5.95 Å². The molecule has 7 aromatic rings. The zero-order valence-corrected chi connectivity index (χ0v) is 41.6. The Kier molecular flexibility index (Phi) is 18.6. The first kappa shape index (κ1) is 52.4. The number of ether oxygens (including phenoxy) is 8. The van der Waals surface area contributed by atoms with E-state index in [1.165, 1.54) is 14.2 Å². The van der Waals surface area contributed by atoms with Gasteiger partial charge in [0.05, 0.1) is 93.2 Å². The van der Waals surface area contributed by atoms with Gasteiger partial charge in [-0.15, -0.1) is 0 Å². The van der Waals surface area contributed by atoms with E-state index in [0.29, 0.717) is 70.8 Å². The molecule has 0 spiro atoms. The van der Waals surface area contributed by atoms with E-state index in [2.05, 4.69) is 35.6 Å². The molecule has 1 N–H and O–H groups in total. The number of morpholine rings is 3. The number of benzene rings is 4. The molecule has 3 aromatic heterocycles. The molecule has 19 heteroatoms. The lowest BCUT2D eigenvalue weighted by atomic mass is 10.0. The van der Waals surface area contributed by atoms with E-state index >= 15 is 0 Å². The van der Waals surface area contributed by atoms with Crippen molar-refractivity contribution in [2.45, 2.75) is 6.42 Å². The smallest absolute Gasteiger partial charge is 0.338 e. The number of nitriles is 1. The highest BCUT2D eigenvalue weighted by Crippen LogP contribution is 2.31. The van der Waals surface area contributed by atoms with Gasteiger partial charge in [0, 0.05) is 55.4 Å². The summed E-state index contributed by atoms with van der Waals surface area (Å²) in [5.74, 6) is 4.42. The molecule has 378 valence electrons. The van der Waals surface area contributed by atoms with Crippen molar-refractivity contribution in [3.63, 3.8) is 0 Å². The number of fused-ring (bicyclic) bond motifs is 3. The van der Waals surface area contributed by atoms with E-state index in [1.807, 2.05) is 53.4 Å².